The molecule has 0 saturated heterocycles. The molecule has 1 atom stereocenters. The number of aliphatic carboxylic acids is 1. The van der Waals surface area contributed by atoms with Crippen LogP contribution in [-0.4, -0.2) is 22.5 Å². The van der Waals surface area contributed by atoms with Crippen LogP contribution in [0.5, 0.6) is 0 Å². The molecule has 1 amide bonds. The predicted octanol–water partition coefficient (Wildman–Crippen LogP) is 0.932. The molecule has 13 heavy (non-hydrogen) atoms. The normalized spacial score (nSPS) is 14.3. The first-order valence-electron chi connectivity index (χ1n) is 4.10. The van der Waals surface area contributed by atoms with Gasteiger partial charge in [0.25, 0.3) is 0 Å². The zero-order valence-electron chi connectivity index (χ0n) is 7.96. The summed E-state index contributed by atoms with van der Waals surface area (Å²) in [5.41, 5.74) is -0.683. The van der Waals surface area contributed by atoms with Gasteiger partial charge in [-0.15, -0.1) is 0 Å². The molecule has 1 unspecified atom stereocenters. The molecule has 4 heteroatoms. The molecule has 0 aromatic rings. The third-order valence-electron chi connectivity index (χ3n) is 1.93. The molecule has 0 radical (unpaired) electrons. The first-order chi connectivity index (χ1) is 5.93. The Morgan fingerprint density at radius 1 is 1.62 bits per heavy atom. The average molecular weight is 185 g/mol. The van der Waals surface area contributed by atoms with Crippen LogP contribution in [-0.2, 0) is 9.59 Å². The van der Waals surface area contributed by atoms with Crippen LogP contribution < -0.4 is 5.32 Å². The minimum Gasteiger partial charge on any atom is -0.481 e. The van der Waals surface area contributed by atoms with Crippen molar-refractivity contribution in [2.24, 2.45) is 0 Å². The van der Waals surface area contributed by atoms with Crippen molar-refractivity contribution < 1.29 is 14.7 Å². The number of carboxylic acids is 1. The molecule has 0 aromatic carbocycles. The Labute approximate surface area is 77.6 Å². The highest BCUT2D eigenvalue weighted by atomic mass is 16.4. The molecule has 74 valence electrons. The zero-order valence-corrected chi connectivity index (χ0v) is 7.96. The molecule has 0 saturated carbocycles. The van der Waals surface area contributed by atoms with Crippen LogP contribution in [0.1, 0.15) is 26.7 Å². The van der Waals surface area contributed by atoms with Gasteiger partial charge in [-0.05, 0) is 19.4 Å². The van der Waals surface area contributed by atoms with Gasteiger partial charge in [-0.25, -0.2) is 0 Å². The lowest BCUT2D eigenvalue weighted by molar-refractivity contribution is -0.138. The Balaban J connectivity index is 4.35. The fourth-order valence-electron chi connectivity index (χ4n) is 0.940. The van der Waals surface area contributed by atoms with E-state index in [-0.39, 0.29) is 12.3 Å². The van der Waals surface area contributed by atoms with E-state index >= 15 is 0 Å². The van der Waals surface area contributed by atoms with Crippen molar-refractivity contribution in [1.82, 2.24) is 5.32 Å². The SMILES string of the molecule is C=CC(=O)NC(C)(CC)CC(=O)O. The maximum absolute atomic E-state index is 10.9. The Hall–Kier alpha value is -1.32. The molecule has 0 rings (SSSR count). The average Bonchev–Trinajstić information content (AvgIpc) is 2.02. The van der Waals surface area contributed by atoms with E-state index in [9.17, 15) is 9.59 Å². The van der Waals surface area contributed by atoms with E-state index in [0.717, 1.165) is 6.08 Å². The van der Waals surface area contributed by atoms with Crippen molar-refractivity contribution in [3.05, 3.63) is 12.7 Å². The summed E-state index contributed by atoms with van der Waals surface area (Å²) < 4.78 is 0. The summed E-state index contributed by atoms with van der Waals surface area (Å²) in [4.78, 5) is 21.4. The molecule has 0 aromatic heterocycles. The van der Waals surface area contributed by atoms with Crippen LogP contribution in [0, 0.1) is 0 Å². The number of amides is 1. The highest BCUT2D eigenvalue weighted by molar-refractivity contribution is 5.87. The van der Waals surface area contributed by atoms with Crippen LogP contribution in [0.3, 0.4) is 0 Å². The molecule has 0 heterocycles. The first-order valence-corrected chi connectivity index (χ1v) is 4.10. The smallest absolute Gasteiger partial charge is 0.305 e. The lowest BCUT2D eigenvalue weighted by atomic mass is 9.94. The van der Waals surface area contributed by atoms with Gasteiger partial charge in [0.2, 0.25) is 5.91 Å². The van der Waals surface area contributed by atoms with Crippen LogP contribution >= 0.6 is 0 Å². The Kier molecular flexibility index (Phi) is 4.17. The summed E-state index contributed by atoms with van der Waals surface area (Å²) in [7, 11) is 0. The summed E-state index contributed by atoms with van der Waals surface area (Å²) >= 11 is 0. The number of hydrogen-bond acceptors (Lipinski definition) is 2. The zero-order chi connectivity index (χ0) is 10.5. The van der Waals surface area contributed by atoms with Crippen molar-refractivity contribution >= 4 is 11.9 Å². The van der Waals surface area contributed by atoms with E-state index in [0.29, 0.717) is 6.42 Å². The minimum absolute atomic E-state index is 0.0803. The molecule has 2 N–H and O–H groups in total. The van der Waals surface area contributed by atoms with E-state index in [4.69, 9.17) is 5.11 Å². The number of carbonyl (C=O) groups is 2. The van der Waals surface area contributed by atoms with Gasteiger partial charge in [-0.1, -0.05) is 13.5 Å². The van der Waals surface area contributed by atoms with Crippen LogP contribution in [0.25, 0.3) is 0 Å². The van der Waals surface area contributed by atoms with Crippen LogP contribution in [0.4, 0.5) is 0 Å². The Bertz CT molecular complexity index is 225. The summed E-state index contributed by atoms with van der Waals surface area (Å²) in [6.45, 7) is 6.82. The summed E-state index contributed by atoms with van der Waals surface area (Å²) in [5, 5.41) is 11.2. The summed E-state index contributed by atoms with van der Waals surface area (Å²) in [6.07, 6.45) is 1.62. The van der Waals surface area contributed by atoms with Gasteiger partial charge < -0.3 is 10.4 Å². The molecular formula is C9H15NO3. The quantitative estimate of drug-likeness (QED) is 0.626. The maximum Gasteiger partial charge on any atom is 0.305 e. The van der Waals surface area contributed by atoms with E-state index in [1.807, 2.05) is 6.92 Å². The topological polar surface area (TPSA) is 66.4 Å². The standard InChI is InChI=1S/C9H15NO3/c1-4-7(11)10-9(3,5-2)6-8(12)13/h4H,1,5-6H2,2-3H3,(H,10,11)(H,12,13). The first kappa shape index (κ1) is 11.7. The third kappa shape index (κ3) is 4.30. The van der Waals surface area contributed by atoms with Crippen molar-refractivity contribution in [1.29, 1.82) is 0 Å². The lowest BCUT2D eigenvalue weighted by Crippen LogP contribution is -2.46. The number of nitrogens with one attached hydrogen (secondary N) is 1. The predicted molar refractivity (Wildman–Crippen MR) is 49.3 cm³/mol. The fraction of sp³-hybridized carbons (Fsp3) is 0.556. The van der Waals surface area contributed by atoms with E-state index in [1.54, 1.807) is 6.92 Å². The van der Waals surface area contributed by atoms with Gasteiger partial charge in [0.1, 0.15) is 0 Å². The molecule has 0 fully saturated rings. The number of carbonyl (C=O) groups excluding carboxylic acids is 1. The van der Waals surface area contributed by atoms with Crippen LogP contribution in [0.15, 0.2) is 12.7 Å². The van der Waals surface area contributed by atoms with Crippen LogP contribution in [0.2, 0.25) is 0 Å². The highest BCUT2D eigenvalue weighted by Gasteiger charge is 2.26. The molecule has 0 aliphatic carbocycles. The molecule has 0 bridgehead atoms. The van der Waals surface area contributed by atoms with Crippen molar-refractivity contribution in [3.63, 3.8) is 0 Å². The summed E-state index contributed by atoms with van der Waals surface area (Å²) in [6, 6.07) is 0. The number of carboxylic acid groups (broad SMARTS) is 1. The second-order valence-corrected chi connectivity index (χ2v) is 3.18. The molecule has 0 aliphatic heterocycles. The van der Waals surface area contributed by atoms with Crippen molar-refractivity contribution in [2.45, 2.75) is 32.2 Å². The number of rotatable bonds is 5. The molecule has 0 spiro atoms. The molecule has 4 nitrogen and oxygen atoms in total. The fourth-order valence-corrected chi connectivity index (χ4v) is 0.940. The van der Waals surface area contributed by atoms with Gasteiger partial charge in [0.05, 0.1) is 6.42 Å². The van der Waals surface area contributed by atoms with Gasteiger partial charge in [-0.3, -0.25) is 9.59 Å². The lowest BCUT2D eigenvalue weighted by Gasteiger charge is -2.27. The maximum atomic E-state index is 10.9. The Morgan fingerprint density at radius 3 is 2.46 bits per heavy atom. The van der Waals surface area contributed by atoms with Gasteiger partial charge in [0.15, 0.2) is 0 Å². The number of hydrogen-bond donors (Lipinski definition) is 2. The molecular weight excluding hydrogens is 170 g/mol. The van der Waals surface area contributed by atoms with Gasteiger partial charge >= 0.3 is 5.97 Å². The van der Waals surface area contributed by atoms with Crippen molar-refractivity contribution in [3.8, 4) is 0 Å². The second kappa shape index (κ2) is 4.64. The van der Waals surface area contributed by atoms with E-state index in [2.05, 4.69) is 11.9 Å². The van der Waals surface area contributed by atoms with E-state index in [1.165, 1.54) is 0 Å². The summed E-state index contributed by atoms with van der Waals surface area (Å²) in [5.74, 6) is -1.26. The second-order valence-electron chi connectivity index (χ2n) is 3.18. The largest absolute Gasteiger partial charge is 0.481 e. The van der Waals surface area contributed by atoms with Crippen molar-refractivity contribution in [2.75, 3.05) is 0 Å². The van der Waals surface area contributed by atoms with Gasteiger partial charge in [-0.2, -0.15) is 0 Å². The molecule has 0 aliphatic rings. The van der Waals surface area contributed by atoms with E-state index < -0.39 is 11.5 Å². The third-order valence-corrected chi connectivity index (χ3v) is 1.93. The van der Waals surface area contributed by atoms with Gasteiger partial charge in [0, 0.05) is 5.54 Å². The minimum atomic E-state index is -0.922. The monoisotopic (exact) mass is 185 g/mol. The highest BCUT2D eigenvalue weighted by Crippen LogP contribution is 2.13. The Morgan fingerprint density at radius 2 is 2.15 bits per heavy atom.